The maximum absolute atomic E-state index is 12.1. The summed E-state index contributed by atoms with van der Waals surface area (Å²) in [6.45, 7) is 2.56. The van der Waals surface area contributed by atoms with Gasteiger partial charge in [0.2, 0.25) is 0 Å². The molecule has 0 aliphatic carbocycles. The molecule has 0 spiro atoms. The summed E-state index contributed by atoms with van der Waals surface area (Å²) in [7, 11) is -16.6. The quantitative estimate of drug-likeness (QED) is 0.233. The molecule has 16 nitrogen and oxygen atoms in total. The smallest absolute Gasteiger partial charge is 0.390 e. The summed E-state index contributed by atoms with van der Waals surface area (Å²) in [6.07, 6.45) is -2.62. The van der Waals surface area contributed by atoms with Gasteiger partial charge in [-0.3, -0.25) is 18.9 Å². The fraction of sp³-hybridized carbons (Fsp3) is 0.667. The summed E-state index contributed by atoms with van der Waals surface area (Å²) in [5, 5.41) is 10.1. The number of aliphatic hydroxyl groups is 1. The van der Waals surface area contributed by atoms with E-state index in [2.05, 4.69) is 18.1 Å². The summed E-state index contributed by atoms with van der Waals surface area (Å²) < 4.78 is 51.6. The Morgan fingerprint density at radius 2 is 1.77 bits per heavy atom. The molecule has 0 amide bonds. The molecule has 0 aromatic carbocycles. The van der Waals surface area contributed by atoms with Gasteiger partial charge in [-0.15, -0.1) is 0 Å². The lowest BCUT2D eigenvalue weighted by Crippen LogP contribution is -2.34. The van der Waals surface area contributed by atoms with Crippen LogP contribution in [0.4, 0.5) is 0 Å². The molecule has 1 aliphatic heterocycles. The summed E-state index contributed by atoms with van der Waals surface area (Å²) in [5.74, 6) is -0.233. The number of ether oxygens (including phenoxy) is 1. The predicted molar refractivity (Wildman–Crippen MR) is 99.8 cm³/mol. The highest BCUT2D eigenvalue weighted by molar-refractivity contribution is 7.66. The highest BCUT2D eigenvalue weighted by Crippen LogP contribution is 2.66. The number of phosphoric acid groups is 3. The van der Waals surface area contributed by atoms with Crippen molar-refractivity contribution in [1.82, 2.24) is 9.55 Å². The van der Waals surface area contributed by atoms with Gasteiger partial charge in [-0.25, -0.2) is 18.5 Å². The predicted octanol–water partition coefficient (Wildman–Crippen LogP) is -0.348. The molecule has 31 heavy (non-hydrogen) atoms. The first-order chi connectivity index (χ1) is 14.0. The van der Waals surface area contributed by atoms with Crippen LogP contribution in [0.5, 0.6) is 0 Å². The van der Waals surface area contributed by atoms with Crippen LogP contribution >= 0.6 is 23.5 Å². The van der Waals surface area contributed by atoms with Gasteiger partial charge in [-0.2, -0.15) is 8.62 Å². The Labute approximate surface area is 173 Å². The van der Waals surface area contributed by atoms with Crippen molar-refractivity contribution in [3.8, 4) is 0 Å². The van der Waals surface area contributed by atoms with Gasteiger partial charge >= 0.3 is 29.2 Å². The van der Waals surface area contributed by atoms with Gasteiger partial charge in [0.1, 0.15) is 12.3 Å². The standard InChI is InChI=1S/C12H21N2O14P3/c1-6(2)7-4-14(12(17)13-11(7)16)10-3-8(15)9(26-10)5-25-30(21,22)28-31(23,24)27-29(18,19)20/h4,6,8-10,15H,3,5H2,1-2H3,(H,21,22)(H,23,24)(H,13,16,17)(H2,18,19,20). The first kappa shape index (κ1) is 26.3. The molecule has 178 valence electrons. The van der Waals surface area contributed by atoms with Crippen molar-refractivity contribution < 1.29 is 56.3 Å². The second-order valence-corrected chi connectivity index (χ2v) is 11.1. The third-order valence-corrected chi connectivity index (χ3v) is 7.75. The first-order valence-electron chi connectivity index (χ1n) is 8.47. The Balaban J connectivity index is 2.07. The van der Waals surface area contributed by atoms with Crippen molar-refractivity contribution in [3.63, 3.8) is 0 Å². The molecule has 5 unspecified atom stereocenters. The third-order valence-electron chi connectivity index (χ3n) is 3.95. The second-order valence-electron chi connectivity index (χ2n) is 6.72. The lowest BCUT2D eigenvalue weighted by Gasteiger charge is -2.19. The van der Waals surface area contributed by atoms with E-state index in [9.17, 15) is 33.3 Å². The number of rotatable bonds is 9. The van der Waals surface area contributed by atoms with Crippen LogP contribution in [0.3, 0.4) is 0 Å². The van der Waals surface area contributed by atoms with E-state index in [-0.39, 0.29) is 17.9 Å². The van der Waals surface area contributed by atoms with E-state index >= 15 is 0 Å². The van der Waals surface area contributed by atoms with Crippen LogP contribution in [0.25, 0.3) is 0 Å². The van der Waals surface area contributed by atoms with E-state index in [0.717, 1.165) is 4.57 Å². The molecule has 2 rings (SSSR count). The Morgan fingerprint density at radius 3 is 2.32 bits per heavy atom. The molecular formula is C12H21N2O14P3. The molecule has 6 N–H and O–H groups in total. The SMILES string of the molecule is CC(C)c1cn(C2CC(O)C(COP(=O)(O)OP(=O)(O)OP(=O)(O)O)O2)c(=O)[nH]c1=O. The van der Waals surface area contributed by atoms with Crippen LogP contribution in [0.1, 0.15) is 38.0 Å². The molecule has 1 aliphatic rings. The Hall–Kier alpha value is -0.990. The molecular weight excluding hydrogens is 489 g/mol. The molecule has 2 heterocycles. The van der Waals surface area contributed by atoms with E-state index in [0.29, 0.717) is 0 Å². The van der Waals surface area contributed by atoms with Crippen LogP contribution in [-0.4, -0.2) is 53.0 Å². The number of aromatic amines is 1. The van der Waals surface area contributed by atoms with Crippen molar-refractivity contribution >= 4 is 23.5 Å². The van der Waals surface area contributed by atoms with Crippen molar-refractivity contribution in [2.75, 3.05) is 6.61 Å². The highest BCUT2D eigenvalue weighted by Gasteiger charge is 2.43. The lowest BCUT2D eigenvalue weighted by molar-refractivity contribution is -0.0451. The van der Waals surface area contributed by atoms with Gasteiger partial charge in [0.05, 0.1) is 12.7 Å². The zero-order valence-corrected chi connectivity index (χ0v) is 18.7. The van der Waals surface area contributed by atoms with Gasteiger partial charge in [-0.1, -0.05) is 13.8 Å². The van der Waals surface area contributed by atoms with Crippen molar-refractivity contribution in [2.45, 2.75) is 44.6 Å². The van der Waals surface area contributed by atoms with Crippen LogP contribution in [-0.2, 0) is 31.6 Å². The number of phosphoric ester groups is 1. The molecule has 0 radical (unpaired) electrons. The van der Waals surface area contributed by atoms with Crippen LogP contribution in [0.15, 0.2) is 15.8 Å². The maximum Gasteiger partial charge on any atom is 0.490 e. The monoisotopic (exact) mass is 510 g/mol. The van der Waals surface area contributed by atoms with Crippen molar-refractivity contribution in [3.05, 3.63) is 32.6 Å². The summed E-state index contributed by atoms with van der Waals surface area (Å²) in [6, 6.07) is 0. The van der Waals surface area contributed by atoms with Crippen LogP contribution in [0, 0.1) is 0 Å². The van der Waals surface area contributed by atoms with Gasteiger partial charge in [0.25, 0.3) is 5.56 Å². The summed E-state index contributed by atoms with van der Waals surface area (Å²) in [4.78, 5) is 61.6. The van der Waals surface area contributed by atoms with E-state index < -0.39 is 59.8 Å². The molecule has 1 fully saturated rings. The summed E-state index contributed by atoms with van der Waals surface area (Å²) >= 11 is 0. The minimum atomic E-state index is -5.68. The number of H-pyrrole nitrogens is 1. The minimum Gasteiger partial charge on any atom is -0.390 e. The zero-order chi connectivity index (χ0) is 23.8. The maximum atomic E-state index is 12.1. The normalized spacial score (nSPS) is 26.0. The Bertz CT molecular complexity index is 1060. The first-order valence-corrected chi connectivity index (χ1v) is 13.0. The van der Waals surface area contributed by atoms with Crippen LogP contribution < -0.4 is 11.2 Å². The molecule has 5 atom stereocenters. The largest absolute Gasteiger partial charge is 0.490 e. The number of aromatic nitrogens is 2. The number of aliphatic hydroxyl groups excluding tert-OH is 1. The number of hydrogen-bond acceptors (Lipinski definition) is 10. The van der Waals surface area contributed by atoms with Gasteiger partial charge in [0, 0.05) is 18.2 Å². The molecule has 1 aromatic rings. The van der Waals surface area contributed by atoms with E-state index in [1.807, 2.05) is 0 Å². The molecule has 19 heteroatoms. The van der Waals surface area contributed by atoms with Gasteiger partial charge in [-0.05, 0) is 5.92 Å². The van der Waals surface area contributed by atoms with E-state index in [4.69, 9.17) is 19.4 Å². The fourth-order valence-electron chi connectivity index (χ4n) is 2.63. The molecule has 0 saturated carbocycles. The Kier molecular flexibility index (Phi) is 8.03. The van der Waals surface area contributed by atoms with Crippen LogP contribution in [0.2, 0.25) is 0 Å². The molecule has 1 saturated heterocycles. The third kappa shape index (κ3) is 7.53. The molecule has 1 aromatic heterocycles. The topological polar surface area (TPSA) is 244 Å². The number of nitrogens with one attached hydrogen (secondary N) is 1. The van der Waals surface area contributed by atoms with E-state index in [1.165, 1.54) is 6.20 Å². The van der Waals surface area contributed by atoms with Gasteiger partial charge < -0.3 is 29.4 Å². The minimum absolute atomic E-state index is 0.173. The second kappa shape index (κ2) is 9.48. The average molecular weight is 510 g/mol. The van der Waals surface area contributed by atoms with Crippen molar-refractivity contribution in [2.24, 2.45) is 0 Å². The summed E-state index contributed by atoms with van der Waals surface area (Å²) in [5.41, 5.74) is -1.13. The number of hydrogen-bond donors (Lipinski definition) is 6. The van der Waals surface area contributed by atoms with E-state index in [1.54, 1.807) is 13.8 Å². The average Bonchev–Trinajstić information content (AvgIpc) is 2.90. The lowest BCUT2D eigenvalue weighted by atomic mass is 10.1. The van der Waals surface area contributed by atoms with Gasteiger partial charge in [0.15, 0.2) is 0 Å². The Morgan fingerprint density at radius 1 is 1.16 bits per heavy atom. The highest BCUT2D eigenvalue weighted by atomic mass is 31.3. The fourth-order valence-corrected chi connectivity index (χ4v) is 5.66. The zero-order valence-electron chi connectivity index (χ0n) is 16.0. The number of nitrogens with zero attached hydrogens (tertiary/aromatic N) is 1. The van der Waals surface area contributed by atoms with Crippen molar-refractivity contribution in [1.29, 1.82) is 0 Å². The molecule has 0 bridgehead atoms.